The molecule has 0 aromatic heterocycles. The first-order valence-electron chi connectivity index (χ1n) is 32.2. The summed E-state index contributed by atoms with van der Waals surface area (Å²) in [5, 5.41) is 3.03. The third kappa shape index (κ3) is 57.9. The molecule has 0 radical (unpaired) electrons. The Labute approximate surface area is 476 Å². The van der Waals surface area contributed by atoms with Crippen LogP contribution in [0.1, 0.15) is 290 Å². The van der Waals surface area contributed by atoms with Gasteiger partial charge in [-0.3, -0.25) is 14.2 Å². The Kier molecular flexibility index (Phi) is 54.8. The molecular formula is C67H123N2O7P. The zero-order chi connectivity index (χ0) is 56.4. The average molecular weight is 1100 g/mol. The van der Waals surface area contributed by atoms with Crippen molar-refractivity contribution in [1.29, 1.82) is 0 Å². The molecule has 9 nitrogen and oxygen atoms in total. The van der Waals surface area contributed by atoms with Crippen molar-refractivity contribution in [3.05, 3.63) is 72.9 Å². The second-order valence-corrected chi connectivity index (χ2v) is 24.3. The Morgan fingerprint density at radius 2 is 0.792 bits per heavy atom. The minimum atomic E-state index is -4.71. The molecule has 0 aliphatic heterocycles. The number of ether oxygens (including phenoxy) is 1. The first-order valence-corrected chi connectivity index (χ1v) is 33.7. The molecule has 0 saturated carbocycles. The van der Waals surface area contributed by atoms with E-state index in [9.17, 15) is 19.0 Å². The van der Waals surface area contributed by atoms with Crippen LogP contribution in [0.3, 0.4) is 0 Å². The largest absolute Gasteiger partial charge is 0.756 e. The number of quaternary nitrogens is 1. The fourth-order valence-corrected chi connectivity index (χ4v) is 9.81. The molecule has 3 atom stereocenters. The van der Waals surface area contributed by atoms with Crippen molar-refractivity contribution in [2.45, 2.75) is 303 Å². The maximum absolute atomic E-state index is 13.6. The zero-order valence-electron chi connectivity index (χ0n) is 51.2. The fraction of sp³-hybridized carbons (Fsp3) is 0.791. The third-order valence-electron chi connectivity index (χ3n) is 14.1. The highest BCUT2D eigenvalue weighted by Gasteiger charge is 2.27. The van der Waals surface area contributed by atoms with E-state index >= 15 is 0 Å². The molecule has 448 valence electrons. The summed E-state index contributed by atoms with van der Waals surface area (Å²) >= 11 is 0. The molecule has 0 fully saturated rings. The van der Waals surface area contributed by atoms with Crippen LogP contribution in [0.2, 0.25) is 0 Å². The average Bonchev–Trinajstić information content (AvgIpc) is 3.39. The van der Waals surface area contributed by atoms with Crippen molar-refractivity contribution in [2.75, 3.05) is 40.9 Å². The highest BCUT2D eigenvalue weighted by molar-refractivity contribution is 7.45. The number of carbonyl (C=O) groups is 2. The number of phosphoric ester groups is 1. The lowest BCUT2D eigenvalue weighted by molar-refractivity contribution is -0.870. The van der Waals surface area contributed by atoms with Crippen LogP contribution >= 0.6 is 7.82 Å². The van der Waals surface area contributed by atoms with Gasteiger partial charge in [0.05, 0.1) is 33.8 Å². The van der Waals surface area contributed by atoms with E-state index in [0.717, 1.165) is 103 Å². The van der Waals surface area contributed by atoms with Crippen LogP contribution in [0.5, 0.6) is 0 Å². The number of esters is 1. The van der Waals surface area contributed by atoms with Crippen LogP contribution in [0.25, 0.3) is 0 Å². The summed E-state index contributed by atoms with van der Waals surface area (Å²) in [6.45, 7) is 6.80. The number of hydrogen-bond donors (Lipinski definition) is 1. The zero-order valence-corrected chi connectivity index (χ0v) is 52.0. The number of nitrogens with zero attached hydrogens (tertiary/aromatic N) is 1. The number of hydrogen-bond acceptors (Lipinski definition) is 7. The molecule has 0 aromatic carbocycles. The minimum Gasteiger partial charge on any atom is -0.756 e. The van der Waals surface area contributed by atoms with Crippen LogP contribution in [-0.2, 0) is 27.9 Å². The second kappa shape index (κ2) is 56.7. The quantitative estimate of drug-likeness (QED) is 0.0212. The number of allylic oxidation sites excluding steroid dienone is 11. The van der Waals surface area contributed by atoms with E-state index in [2.05, 4.69) is 86.8 Å². The van der Waals surface area contributed by atoms with Crippen LogP contribution in [0, 0.1) is 0 Å². The molecule has 0 aliphatic rings. The molecular weight excluding hydrogens is 976 g/mol. The minimum absolute atomic E-state index is 0.0272. The van der Waals surface area contributed by atoms with E-state index in [1.54, 1.807) is 0 Å². The summed E-state index contributed by atoms with van der Waals surface area (Å²) in [5.41, 5.74) is 0. The second-order valence-electron chi connectivity index (χ2n) is 22.9. The Morgan fingerprint density at radius 3 is 1.21 bits per heavy atom. The monoisotopic (exact) mass is 1100 g/mol. The van der Waals surface area contributed by atoms with E-state index < -0.39 is 26.6 Å². The summed E-state index contributed by atoms with van der Waals surface area (Å²) < 4.78 is 30.4. The number of likely N-dealkylation sites (N-methyl/N-ethyl adjacent to an activating group) is 1. The van der Waals surface area contributed by atoms with Gasteiger partial charge in [-0.1, -0.05) is 248 Å². The van der Waals surface area contributed by atoms with Crippen molar-refractivity contribution >= 4 is 19.7 Å². The lowest BCUT2D eigenvalue weighted by atomic mass is 10.0. The van der Waals surface area contributed by atoms with E-state index in [1.807, 2.05) is 33.3 Å². The maximum Gasteiger partial charge on any atom is 0.306 e. The molecule has 0 aliphatic carbocycles. The standard InChI is InChI=1S/C67H123N2O7P/c1-7-10-13-16-19-22-25-28-30-32-33-34-35-37-38-41-44-47-50-53-56-59-66(70)68-64(63-75-77(72,73)74-62-61-69(4,5)6)65(58-55-52-49-46-43-40-27-24-21-18-15-12-9-3)76-67(71)60-57-54-51-48-45-42-39-36-31-29-26-23-20-17-14-11-8-2/h19-20,22-23,28-31,33-34,55,58,64-65H,7-18,21,24-27,32,35-54,56-57,59-63H2,1-6H3,(H-,68,70,72,73)/b22-19-,23-20-,30-28-,31-29-,34-33-,58-55-. The van der Waals surface area contributed by atoms with E-state index in [1.165, 1.54) is 154 Å². The topological polar surface area (TPSA) is 114 Å². The normalized spacial score (nSPS) is 14.1. The molecule has 1 amide bonds. The van der Waals surface area contributed by atoms with Gasteiger partial charge in [0.25, 0.3) is 7.82 Å². The van der Waals surface area contributed by atoms with Gasteiger partial charge in [0.15, 0.2) is 0 Å². The first kappa shape index (κ1) is 74.5. The lowest BCUT2D eigenvalue weighted by Gasteiger charge is -2.30. The van der Waals surface area contributed by atoms with Crippen molar-refractivity contribution in [3.63, 3.8) is 0 Å². The van der Waals surface area contributed by atoms with Gasteiger partial charge in [-0.2, -0.15) is 0 Å². The summed E-state index contributed by atoms with van der Waals surface area (Å²) in [6.07, 6.45) is 72.8. The SMILES string of the molecule is CCCCC/C=C\C/C=C\C/C=C\CCCCCCCCCCC(=O)NC(COP(=O)([O-])OCC[N+](C)(C)C)C(/C=C\CCCCCCCCCCCCC)OC(=O)CCCCCCCCC/C=C\C/C=C\CCCCC. The number of carbonyl (C=O) groups excluding carboxylic acids is 2. The van der Waals surface area contributed by atoms with E-state index in [0.29, 0.717) is 17.4 Å². The van der Waals surface area contributed by atoms with E-state index in [4.69, 9.17) is 13.8 Å². The van der Waals surface area contributed by atoms with E-state index in [-0.39, 0.29) is 24.9 Å². The highest BCUT2D eigenvalue weighted by Crippen LogP contribution is 2.38. The van der Waals surface area contributed by atoms with Gasteiger partial charge in [-0.25, -0.2) is 0 Å². The predicted molar refractivity (Wildman–Crippen MR) is 330 cm³/mol. The number of phosphoric acid groups is 1. The fourth-order valence-electron chi connectivity index (χ4n) is 9.09. The molecule has 0 bridgehead atoms. The molecule has 77 heavy (non-hydrogen) atoms. The van der Waals surface area contributed by atoms with Gasteiger partial charge in [0, 0.05) is 12.8 Å². The van der Waals surface area contributed by atoms with Gasteiger partial charge in [0.2, 0.25) is 5.91 Å². The van der Waals surface area contributed by atoms with Crippen molar-refractivity contribution in [1.82, 2.24) is 5.32 Å². The Hall–Kier alpha value is -2.55. The summed E-state index contributed by atoms with van der Waals surface area (Å²) in [4.78, 5) is 40.1. The molecule has 3 unspecified atom stereocenters. The number of nitrogens with one attached hydrogen (secondary N) is 1. The highest BCUT2D eigenvalue weighted by atomic mass is 31.2. The van der Waals surface area contributed by atoms with Crippen LogP contribution < -0.4 is 10.2 Å². The van der Waals surface area contributed by atoms with Crippen molar-refractivity contribution in [3.8, 4) is 0 Å². The first-order chi connectivity index (χ1) is 37.4. The number of amides is 1. The smallest absolute Gasteiger partial charge is 0.306 e. The maximum atomic E-state index is 13.6. The number of unbranched alkanes of at least 4 members (excludes halogenated alkanes) is 32. The third-order valence-corrected chi connectivity index (χ3v) is 15.1. The molecule has 0 aromatic rings. The molecule has 0 heterocycles. The van der Waals surface area contributed by atoms with Gasteiger partial charge < -0.3 is 28.5 Å². The number of rotatable bonds is 58. The predicted octanol–water partition coefficient (Wildman–Crippen LogP) is 19.4. The lowest BCUT2D eigenvalue weighted by Crippen LogP contribution is -2.47. The Balaban J connectivity index is 5.27. The molecule has 0 saturated heterocycles. The van der Waals surface area contributed by atoms with Crippen molar-refractivity contribution < 1.29 is 37.3 Å². The van der Waals surface area contributed by atoms with Crippen LogP contribution in [-0.4, -0.2) is 69.4 Å². The Morgan fingerprint density at radius 1 is 0.455 bits per heavy atom. The summed E-state index contributed by atoms with van der Waals surface area (Å²) in [6, 6.07) is -0.898. The molecule has 0 rings (SSSR count). The van der Waals surface area contributed by atoms with Crippen LogP contribution in [0.4, 0.5) is 0 Å². The molecule has 0 spiro atoms. The van der Waals surface area contributed by atoms with Gasteiger partial charge in [-0.15, -0.1) is 0 Å². The Bertz CT molecular complexity index is 1550. The van der Waals surface area contributed by atoms with Gasteiger partial charge >= 0.3 is 5.97 Å². The summed E-state index contributed by atoms with van der Waals surface area (Å²) in [7, 11) is 1.17. The van der Waals surface area contributed by atoms with Crippen LogP contribution in [0.15, 0.2) is 72.9 Å². The van der Waals surface area contributed by atoms with Crippen molar-refractivity contribution in [2.24, 2.45) is 0 Å². The van der Waals surface area contributed by atoms with Gasteiger partial charge in [0.1, 0.15) is 19.3 Å². The van der Waals surface area contributed by atoms with Gasteiger partial charge in [-0.05, 0) is 102 Å². The molecule has 10 heteroatoms. The summed E-state index contributed by atoms with van der Waals surface area (Å²) in [5.74, 6) is -0.554. The molecule has 1 N–H and O–H groups in total.